The molecule has 22 heavy (non-hydrogen) atoms. The summed E-state index contributed by atoms with van der Waals surface area (Å²) in [7, 11) is 1.63. The Bertz CT molecular complexity index is 523. The van der Waals surface area contributed by atoms with Crippen molar-refractivity contribution in [1.29, 1.82) is 0 Å². The highest BCUT2D eigenvalue weighted by Gasteiger charge is 2.37. The van der Waals surface area contributed by atoms with Crippen molar-refractivity contribution in [2.45, 2.75) is 44.7 Å². The van der Waals surface area contributed by atoms with Gasteiger partial charge in [0, 0.05) is 43.8 Å². The molecule has 5 heteroatoms. The Balaban J connectivity index is 1.70. The van der Waals surface area contributed by atoms with E-state index in [1.54, 1.807) is 7.11 Å². The number of aliphatic hydroxyl groups excluding tert-OH is 2. The lowest BCUT2D eigenvalue weighted by atomic mass is 10.0. The number of fused-ring (bicyclic) bond motifs is 1. The number of aliphatic hydroxyl groups is 2. The summed E-state index contributed by atoms with van der Waals surface area (Å²) in [5.41, 5.74) is 2.03. The third kappa shape index (κ3) is 3.13. The maximum atomic E-state index is 9.85. The van der Waals surface area contributed by atoms with Crippen LogP contribution in [0.1, 0.15) is 24.5 Å². The van der Waals surface area contributed by atoms with Crippen molar-refractivity contribution in [1.82, 2.24) is 9.80 Å². The van der Waals surface area contributed by atoms with Crippen LogP contribution in [0.15, 0.2) is 18.2 Å². The van der Waals surface area contributed by atoms with Crippen LogP contribution in [0, 0.1) is 0 Å². The Morgan fingerprint density at radius 3 is 2.82 bits per heavy atom. The predicted octanol–water partition coefficient (Wildman–Crippen LogP) is 0.827. The summed E-state index contributed by atoms with van der Waals surface area (Å²) in [6, 6.07) is 6.98. The number of methoxy groups -OCH3 is 1. The monoisotopic (exact) mass is 306 g/mol. The maximum Gasteiger partial charge on any atom is 0.124 e. The van der Waals surface area contributed by atoms with Crippen LogP contribution in [-0.4, -0.2) is 64.9 Å². The Hall–Kier alpha value is -1.14. The van der Waals surface area contributed by atoms with Gasteiger partial charge < -0.3 is 14.9 Å². The normalized spacial score (nSPS) is 29.5. The largest absolute Gasteiger partial charge is 0.496 e. The third-order valence-electron chi connectivity index (χ3n) is 4.97. The summed E-state index contributed by atoms with van der Waals surface area (Å²) in [4.78, 5) is 4.89. The average molecular weight is 306 g/mol. The summed E-state index contributed by atoms with van der Waals surface area (Å²) < 4.78 is 5.26. The minimum absolute atomic E-state index is 0.00480. The highest BCUT2D eigenvalue weighted by atomic mass is 16.5. The van der Waals surface area contributed by atoms with Gasteiger partial charge in [0.25, 0.3) is 0 Å². The number of piperazine rings is 1. The Kier molecular flexibility index (Phi) is 4.68. The van der Waals surface area contributed by atoms with Gasteiger partial charge in [-0.3, -0.25) is 9.80 Å². The summed E-state index contributed by atoms with van der Waals surface area (Å²) in [6.45, 7) is 5.95. The van der Waals surface area contributed by atoms with Crippen LogP contribution in [-0.2, 0) is 13.2 Å². The molecule has 3 atom stereocenters. The maximum absolute atomic E-state index is 9.85. The number of hydrogen-bond donors (Lipinski definition) is 2. The van der Waals surface area contributed by atoms with Crippen LogP contribution in [0.2, 0.25) is 0 Å². The fraction of sp³-hybridized carbons (Fsp3) is 0.647. The SMILES string of the molecule is COc1ccc(CN2C[C@H]3C[C@@H](O)CN3C[C@H]2C)cc1CO. The van der Waals surface area contributed by atoms with Gasteiger partial charge in [0.15, 0.2) is 0 Å². The Morgan fingerprint density at radius 2 is 2.09 bits per heavy atom. The molecule has 2 saturated heterocycles. The lowest BCUT2D eigenvalue weighted by molar-refractivity contribution is 0.0528. The van der Waals surface area contributed by atoms with Crippen LogP contribution in [0.3, 0.4) is 0 Å². The van der Waals surface area contributed by atoms with E-state index < -0.39 is 0 Å². The van der Waals surface area contributed by atoms with E-state index in [1.807, 2.05) is 12.1 Å². The summed E-state index contributed by atoms with van der Waals surface area (Å²) in [5, 5.41) is 19.3. The molecule has 3 rings (SSSR count). The molecule has 1 aromatic rings. The topological polar surface area (TPSA) is 56.2 Å². The summed E-state index contributed by atoms with van der Waals surface area (Å²) in [6.07, 6.45) is 0.715. The average Bonchev–Trinajstić information content (AvgIpc) is 2.86. The molecule has 0 saturated carbocycles. The molecule has 0 amide bonds. The fourth-order valence-corrected chi connectivity index (χ4v) is 3.79. The van der Waals surface area contributed by atoms with Gasteiger partial charge in [0.2, 0.25) is 0 Å². The quantitative estimate of drug-likeness (QED) is 0.863. The fourth-order valence-electron chi connectivity index (χ4n) is 3.79. The van der Waals surface area contributed by atoms with E-state index in [2.05, 4.69) is 22.8 Å². The zero-order valence-corrected chi connectivity index (χ0v) is 13.4. The molecule has 0 aliphatic carbocycles. The van der Waals surface area contributed by atoms with Crippen molar-refractivity contribution in [2.75, 3.05) is 26.7 Å². The van der Waals surface area contributed by atoms with Crippen LogP contribution in [0.25, 0.3) is 0 Å². The highest BCUT2D eigenvalue weighted by Crippen LogP contribution is 2.27. The molecule has 0 bridgehead atoms. The summed E-state index contributed by atoms with van der Waals surface area (Å²) >= 11 is 0. The molecule has 0 unspecified atom stereocenters. The number of hydrogen-bond acceptors (Lipinski definition) is 5. The van der Waals surface area contributed by atoms with Gasteiger partial charge in [-0.2, -0.15) is 0 Å². The number of rotatable bonds is 4. The zero-order chi connectivity index (χ0) is 15.7. The van der Waals surface area contributed by atoms with E-state index in [9.17, 15) is 10.2 Å². The zero-order valence-electron chi connectivity index (χ0n) is 13.4. The standard InChI is InChI=1S/C17H26N2O3/c1-12-7-19-10-16(21)6-15(19)9-18(12)8-13-3-4-17(22-2)14(5-13)11-20/h3-5,12,15-16,20-21H,6-11H2,1-2H3/t12-,15-,16-/m1/s1. The van der Waals surface area contributed by atoms with Gasteiger partial charge in [-0.15, -0.1) is 0 Å². The number of ether oxygens (including phenoxy) is 1. The van der Waals surface area contributed by atoms with Gasteiger partial charge in [0.05, 0.1) is 19.8 Å². The van der Waals surface area contributed by atoms with E-state index in [0.29, 0.717) is 12.1 Å². The van der Waals surface area contributed by atoms with Crippen LogP contribution < -0.4 is 4.74 Å². The van der Waals surface area contributed by atoms with E-state index >= 15 is 0 Å². The van der Waals surface area contributed by atoms with Crippen LogP contribution in [0.4, 0.5) is 0 Å². The Morgan fingerprint density at radius 1 is 1.27 bits per heavy atom. The van der Waals surface area contributed by atoms with Crippen molar-refractivity contribution < 1.29 is 14.9 Å². The van der Waals surface area contributed by atoms with Gasteiger partial charge in [-0.05, 0) is 31.0 Å². The second-order valence-corrected chi connectivity index (χ2v) is 6.58. The second-order valence-electron chi connectivity index (χ2n) is 6.58. The van der Waals surface area contributed by atoms with Crippen LogP contribution in [0.5, 0.6) is 5.75 Å². The third-order valence-corrected chi connectivity index (χ3v) is 4.97. The molecular formula is C17H26N2O3. The first-order chi connectivity index (χ1) is 10.6. The molecule has 0 aromatic heterocycles. The van der Waals surface area contributed by atoms with Crippen molar-refractivity contribution in [3.05, 3.63) is 29.3 Å². The van der Waals surface area contributed by atoms with Gasteiger partial charge in [0.1, 0.15) is 5.75 Å². The molecular weight excluding hydrogens is 280 g/mol. The highest BCUT2D eigenvalue weighted by molar-refractivity contribution is 5.36. The smallest absolute Gasteiger partial charge is 0.124 e. The van der Waals surface area contributed by atoms with E-state index in [-0.39, 0.29) is 12.7 Å². The van der Waals surface area contributed by atoms with Crippen molar-refractivity contribution in [3.8, 4) is 5.75 Å². The molecule has 2 aliphatic heterocycles. The van der Waals surface area contributed by atoms with Crippen molar-refractivity contribution >= 4 is 0 Å². The predicted molar refractivity (Wildman–Crippen MR) is 84.8 cm³/mol. The molecule has 2 fully saturated rings. The van der Waals surface area contributed by atoms with E-state index in [0.717, 1.165) is 43.9 Å². The minimum Gasteiger partial charge on any atom is -0.496 e. The second kappa shape index (κ2) is 6.54. The van der Waals surface area contributed by atoms with Gasteiger partial charge in [-0.25, -0.2) is 0 Å². The van der Waals surface area contributed by atoms with Crippen molar-refractivity contribution in [3.63, 3.8) is 0 Å². The first-order valence-electron chi connectivity index (χ1n) is 8.03. The molecule has 1 aromatic carbocycles. The molecule has 2 heterocycles. The lowest BCUT2D eigenvalue weighted by Crippen LogP contribution is -2.54. The van der Waals surface area contributed by atoms with Crippen molar-refractivity contribution in [2.24, 2.45) is 0 Å². The molecule has 5 nitrogen and oxygen atoms in total. The number of benzene rings is 1. The summed E-state index contributed by atoms with van der Waals surface area (Å²) in [5.74, 6) is 0.739. The van der Waals surface area contributed by atoms with E-state index in [1.165, 1.54) is 5.56 Å². The van der Waals surface area contributed by atoms with Gasteiger partial charge >= 0.3 is 0 Å². The Labute approximate surface area is 132 Å². The van der Waals surface area contributed by atoms with E-state index in [4.69, 9.17) is 4.74 Å². The molecule has 0 spiro atoms. The lowest BCUT2D eigenvalue weighted by Gasteiger charge is -2.42. The molecule has 0 radical (unpaired) electrons. The molecule has 2 N–H and O–H groups in total. The first-order valence-corrected chi connectivity index (χ1v) is 8.03. The minimum atomic E-state index is -0.167. The molecule has 2 aliphatic rings. The van der Waals surface area contributed by atoms with Crippen LogP contribution >= 0.6 is 0 Å². The molecule has 122 valence electrons. The first kappa shape index (κ1) is 15.7. The van der Waals surface area contributed by atoms with Gasteiger partial charge in [-0.1, -0.05) is 6.07 Å². The number of nitrogens with zero attached hydrogens (tertiary/aromatic N) is 2.